The first-order valence-electron chi connectivity index (χ1n) is 6.94. The van der Waals surface area contributed by atoms with Crippen molar-refractivity contribution in [2.24, 2.45) is 12.8 Å². The molecule has 1 fully saturated rings. The minimum absolute atomic E-state index is 0.115. The van der Waals surface area contributed by atoms with Crippen molar-refractivity contribution in [2.75, 3.05) is 31.2 Å². The number of morpholine rings is 1. The molecule has 22 heavy (non-hydrogen) atoms. The lowest BCUT2D eigenvalue weighted by Gasteiger charge is -2.29. The Hall–Kier alpha value is -2.41. The SMILES string of the molecule is Cn1cc(C(N)=O)c(=O)c2c(F)cc(N3CCOCC3)cc21. The van der Waals surface area contributed by atoms with E-state index in [4.69, 9.17) is 10.5 Å². The molecule has 0 radical (unpaired) electrons. The van der Waals surface area contributed by atoms with Crippen LogP contribution in [0.3, 0.4) is 0 Å². The molecular weight excluding hydrogens is 289 g/mol. The average Bonchev–Trinajstić information content (AvgIpc) is 2.50. The molecule has 0 atom stereocenters. The highest BCUT2D eigenvalue weighted by Gasteiger charge is 2.19. The van der Waals surface area contributed by atoms with E-state index in [0.717, 1.165) is 0 Å². The number of carbonyl (C=O) groups is 1. The molecule has 0 unspecified atom stereocenters. The van der Waals surface area contributed by atoms with Gasteiger partial charge in [-0.1, -0.05) is 0 Å². The highest BCUT2D eigenvalue weighted by Crippen LogP contribution is 2.24. The molecule has 0 bridgehead atoms. The molecule has 116 valence electrons. The predicted molar refractivity (Wildman–Crippen MR) is 80.7 cm³/mol. The lowest BCUT2D eigenvalue weighted by atomic mass is 10.1. The van der Waals surface area contributed by atoms with E-state index in [2.05, 4.69) is 0 Å². The summed E-state index contributed by atoms with van der Waals surface area (Å²) < 4.78 is 21.3. The smallest absolute Gasteiger partial charge is 0.254 e. The summed E-state index contributed by atoms with van der Waals surface area (Å²) in [5.74, 6) is -1.51. The van der Waals surface area contributed by atoms with Crippen LogP contribution < -0.4 is 16.1 Å². The summed E-state index contributed by atoms with van der Waals surface area (Å²) in [6.07, 6.45) is 1.34. The van der Waals surface area contributed by atoms with Gasteiger partial charge >= 0.3 is 0 Å². The zero-order valence-electron chi connectivity index (χ0n) is 12.1. The maximum absolute atomic E-state index is 14.5. The number of anilines is 1. The van der Waals surface area contributed by atoms with Crippen molar-refractivity contribution in [2.45, 2.75) is 0 Å². The van der Waals surface area contributed by atoms with Crippen LogP contribution >= 0.6 is 0 Å². The number of primary amides is 1. The van der Waals surface area contributed by atoms with E-state index >= 15 is 0 Å². The maximum Gasteiger partial charge on any atom is 0.254 e. The van der Waals surface area contributed by atoms with Gasteiger partial charge in [0.1, 0.15) is 11.4 Å². The number of benzene rings is 1. The van der Waals surface area contributed by atoms with Crippen molar-refractivity contribution in [3.05, 3.63) is 39.9 Å². The number of carbonyl (C=O) groups excluding carboxylic acids is 1. The minimum Gasteiger partial charge on any atom is -0.378 e. The molecule has 2 aromatic rings. The molecule has 2 heterocycles. The molecule has 0 spiro atoms. The van der Waals surface area contributed by atoms with E-state index < -0.39 is 17.2 Å². The average molecular weight is 305 g/mol. The number of ether oxygens (including phenoxy) is 1. The van der Waals surface area contributed by atoms with Crippen molar-refractivity contribution >= 4 is 22.5 Å². The van der Waals surface area contributed by atoms with Crippen LogP contribution in [0.15, 0.2) is 23.1 Å². The number of aryl methyl sites for hydroxylation is 1. The first-order chi connectivity index (χ1) is 10.5. The molecule has 3 rings (SSSR count). The molecule has 6 nitrogen and oxygen atoms in total. The molecule has 1 amide bonds. The normalized spacial score (nSPS) is 15.3. The van der Waals surface area contributed by atoms with Gasteiger partial charge < -0.3 is 19.9 Å². The Labute approximate surface area is 125 Å². The molecule has 0 aliphatic carbocycles. The topological polar surface area (TPSA) is 77.6 Å². The first kappa shape index (κ1) is 14.5. The summed E-state index contributed by atoms with van der Waals surface area (Å²) in [5, 5.41) is -0.115. The number of rotatable bonds is 2. The Kier molecular flexibility index (Phi) is 3.58. The van der Waals surface area contributed by atoms with E-state index in [9.17, 15) is 14.0 Å². The van der Waals surface area contributed by atoms with Crippen LogP contribution in [0.4, 0.5) is 10.1 Å². The quantitative estimate of drug-likeness (QED) is 0.882. The third-order valence-electron chi connectivity index (χ3n) is 3.87. The Morgan fingerprint density at radius 3 is 2.64 bits per heavy atom. The van der Waals surface area contributed by atoms with Crippen LogP contribution in [0.25, 0.3) is 10.9 Å². The summed E-state index contributed by atoms with van der Waals surface area (Å²) in [6.45, 7) is 2.49. The van der Waals surface area contributed by atoms with Crippen molar-refractivity contribution in [3.8, 4) is 0 Å². The number of nitrogens with zero attached hydrogens (tertiary/aromatic N) is 2. The fraction of sp³-hybridized carbons (Fsp3) is 0.333. The monoisotopic (exact) mass is 305 g/mol. The summed E-state index contributed by atoms with van der Waals surface area (Å²) in [4.78, 5) is 25.5. The lowest BCUT2D eigenvalue weighted by molar-refractivity contribution is 0.0999. The highest BCUT2D eigenvalue weighted by atomic mass is 19.1. The number of halogens is 1. The summed E-state index contributed by atoms with van der Waals surface area (Å²) in [6, 6.07) is 3.07. The first-order valence-corrected chi connectivity index (χ1v) is 6.94. The lowest BCUT2D eigenvalue weighted by Crippen LogP contribution is -2.36. The van der Waals surface area contributed by atoms with Gasteiger partial charge in [-0.2, -0.15) is 0 Å². The van der Waals surface area contributed by atoms with Gasteiger partial charge in [-0.3, -0.25) is 9.59 Å². The molecular formula is C15H16FN3O3. The highest BCUT2D eigenvalue weighted by molar-refractivity contribution is 5.96. The van der Waals surface area contributed by atoms with Gasteiger partial charge in [-0.25, -0.2) is 4.39 Å². The summed E-state index contributed by atoms with van der Waals surface area (Å²) >= 11 is 0. The molecule has 2 N–H and O–H groups in total. The van der Waals surface area contributed by atoms with Crippen LogP contribution in [0.1, 0.15) is 10.4 Å². The molecule has 1 aromatic carbocycles. The number of fused-ring (bicyclic) bond motifs is 1. The summed E-state index contributed by atoms with van der Waals surface area (Å²) in [5.41, 5.74) is 5.40. The fourth-order valence-corrected chi connectivity index (χ4v) is 2.72. The standard InChI is InChI=1S/C15H16FN3O3/c1-18-8-10(15(17)21)14(20)13-11(16)6-9(7-12(13)18)19-2-4-22-5-3-19/h6-8H,2-5H2,1H3,(H2,17,21). The third-order valence-corrected chi connectivity index (χ3v) is 3.87. The van der Waals surface area contributed by atoms with Gasteiger partial charge in [0.15, 0.2) is 0 Å². The number of aromatic nitrogens is 1. The zero-order chi connectivity index (χ0) is 15.9. The second-order valence-corrected chi connectivity index (χ2v) is 5.27. The van der Waals surface area contributed by atoms with Crippen molar-refractivity contribution in [1.29, 1.82) is 0 Å². The molecule has 1 aliphatic heterocycles. The van der Waals surface area contributed by atoms with E-state index in [-0.39, 0.29) is 10.9 Å². The van der Waals surface area contributed by atoms with Crippen LogP contribution in [-0.4, -0.2) is 36.8 Å². The largest absolute Gasteiger partial charge is 0.378 e. The van der Waals surface area contributed by atoms with Crippen LogP contribution in [0, 0.1) is 5.82 Å². The Morgan fingerprint density at radius 1 is 1.32 bits per heavy atom. The molecule has 7 heteroatoms. The van der Waals surface area contributed by atoms with E-state index in [0.29, 0.717) is 37.5 Å². The maximum atomic E-state index is 14.5. The third kappa shape index (κ3) is 2.33. The van der Waals surface area contributed by atoms with E-state index in [1.807, 2.05) is 4.90 Å². The van der Waals surface area contributed by atoms with Crippen LogP contribution in [-0.2, 0) is 11.8 Å². The van der Waals surface area contributed by atoms with Crippen LogP contribution in [0.2, 0.25) is 0 Å². The second-order valence-electron chi connectivity index (χ2n) is 5.27. The van der Waals surface area contributed by atoms with E-state index in [1.165, 1.54) is 12.3 Å². The van der Waals surface area contributed by atoms with Gasteiger partial charge in [0, 0.05) is 32.0 Å². The second kappa shape index (κ2) is 5.42. The number of pyridine rings is 1. The van der Waals surface area contributed by atoms with Gasteiger partial charge in [-0.05, 0) is 12.1 Å². The zero-order valence-corrected chi connectivity index (χ0v) is 12.1. The van der Waals surface area contributed by atoms with Gasteiger partial charge in [0.25, 0.3) is 5.91 Å². The minimum atomic E-state index is -0.862. The Balaban J connectivity index is 2.23. The molecule has 1 aromatic heterocycles. The predicted octanol–water partition coefficient (Wildman–Crippen LogP) is 0.613. The molecule has 0 saturated carbocycles. The molecule has 1 aliphatic rings. The Morgan fingerprint density at radius 2 is 2.00 bits per heavy atom. The fourth-order valence-electron chi connectivity index (χ4n) is 2.72. The van der Waals surface area contributed by atoms with Gasteiger partial charge in [0.05, 0.1) is 24.1 Å². The number of nitrogens with two attached hydrogens (primary N) is 1. The number of hydrogen-bond acceptors (Lipinski definition) is 4. The van der Waals surface area contributed by atoms with E-state index in [1.54, 1.807) is 17.7 Å². The van der Waals surface area contributed by atoms with Gasteiger partial charge in [0.2, 0.25) is 5.43 Å². The summed E-state index contributed by atoms with van der Waals surface area (Å²) in [7, 11) is 1.65. The van der Waals surface area contributed by atoms with Crippen molar-refractivity contribution in [3.63, 3.8) is 0 Å². The molecule has 1 saturated heterocycles. The van der Waals surface area contributed by atoms with Crippen molar-refractivity contribution in [1.82, 2.24) is 4.57 Å². The number of hydrogen-bond donors (Lipinski definition) is 1. The number of amides is 1. The van der Waals surface area contributed by atoms with Crippen molar-refractivity contribution < 1.29 is 13.9 Å². The van der Waals surface area contributed by atoms with Crippen LogP contribution in [0.5, 0.6) is 0 Å². The van der Waals surface area contributed by atoms with Gasteiger partial charge in [-0.15, -0.1) is 0 Å². The Bertz CT molecular complexity index is 810.